The maximum Gasteiger partial charge on any atom is 0.326 e. The lowest BCUT2D eigenvalue weighted by atomic mass is 10.3. The number of aromatic nitrogens is 1. The number of rotatable bonds is 5. The van der Waals surface area contributed by atoms with E-state index in [9.17, 15) is 17.6 Å². The van der Waals surface area contributed by atoms with Crippen molar-refractivity contribution in [1.29, 1.82) is 0 Å². The summed E-state index contributed by atoms with van der Waals surface area (Å²) in [5.41, 5.74) is 0.657. The zero-order valence-electron chi connectivity index (χ0n) is 14.1. The van der Waals surface area contributed by atoms with E-state index in [4.69, 9.17) is 4.74 Å². The zero-order valence-corrected chi connectivity index (χ0v) is 17.3. The molecule has 0 aliphatic carbocycles. The molecule has 0 N–H and O–H groups in total. The van der Waals surface area contributed by atoms with Gasteiger partial charge >= 0.3 is 5.97 Å². The second kappa shape index (κ2) is 7.91. The number of carbonyl (C=O) groups excluding carboxylic acids is 1. The Morgan fingerprint density at radius 2 is 1.96 bits per heavy atom. The van der Waals surface area contributed by atoms with E-state index < -0.39 is 21.8 Å². The van der Waals surface area contributed by atoms with Crippen LogP contribution >= 0.6 is 27.3 Å². The van der Waals surface area contributed by atoms with Gasteiger partial charge in [0.15, 0.2) is 0 Å². The summed E-state index contributed by atoms with van der Waals surface area (Å²) in [6.45, 7) is 1.73. The topological polar surface area (TPSA) is 77.7 Å². The third-order valence-corrected chi connectivity index (χ3v) is 6.48. The molecule has 0 atom stereocenters. The molecule has 0 spiro atoms. The number of nitrogens with zero attached hydrogens (tertiary/aromatic N) is 2. The summed E-state index contributed by atoms with van der Waals surface area (Å²) in [5, 5.41) is 0. The molecule has 142 valence electrons. The highest BCUT2D eigenvalue weighted by Gasteiger charge is 2.16. The summed E-state index contributed by atoms with van der Waals surface area (Å²) in [6, 6.07) is 9.76. The molecule has 0 aliphatic rings. The van der Waals surface area contributed by atoms with E-state index in [1.54, 1.807) is 19.1 Å². The van der Waals surface area contributed by atoms with Crippen LogP contribution in [0.2, 0.25) is 0 Å². The van der Waals surface area contributed by atoms with Crippen molar-refractivity contribution in [1.82, 2.24) is 4.57 Å². The van der Waals surface area contributed by atoms with Crippen molar-refractivity contribution in [2.45, 2.75) is 18.4 Å². The first-order chi connectivity index (χ1) is 12.8. The van der Waals surface area contributed by atoms with Crippen molar-refractivity contribution >= 4 is 53.5 Å². The highest BCUT2D eigenvalue weighted by atomic mass is 79.9. The summed E-state index contributed by atoms with van der Waals surface area (Å²) < 4.78 is 50.2. The average Bonchev–Trinajstić information content (AvgIpc) is 2.91. The summed E-state index contributed by atoms with van der Waals surface area (Å²) in [6.07, 6.45) is 0. The van der Waals surface area contributed by atoms with Crippen LogP contribution in [0.5, 0.6) is 0 Å². The van der Waals surface area contributed by atoms with Crippen molar-refractivity contribution < 1.29 is 22.3 Å². The molecule has 0 saturated carbocycles. The molecule has 0 fully saturated rings. The molecule has 0 unspecified atom stereocenters. The number of esters is 1. The molecule has 0 bridgehead atoms. The Labute approximate surface area is 167 Å². The lowest BCUT2D eigenvalue weighted by molar-refractivity contribution is -0.143. The Kier molecular flexibility index (Phi) is 5.78. The number of carbonyl (C=O) groups is 1. The first kappa shape index (κ1) is 19.7. The van der Waals surface area contributed by atoms with E-state index in [0.29, 0.717) is 5.52 Å². The van der Waals surface area contributed by atoms with Crippen LogP contribution < -0.4 is 4.80 Å². The smallest absolute Gasteiger partial charge is 0.326 e. The van der Waals surface area contributed by atoms with Crippen LogP contribution in [0, 0.1) is 5.82 Å². The van der Waals surface area contributed by atoms with E-state index in [1.165, 1.54) is 4.57 Å². The number of hydrogen-bond donors (Lipinski definition) is 0. The van der Waals surface area contributed by atoms with Crippen molar-refractivity contribution in [3.05, 3.63) is 57.6 Å². The van der Waals surface area contributed by atoms with Gasteiger partial charge in [-0.15, -0.1) is 4.40 Å². The molecule has 10 heteroatoms. The number of halogens is 2. The van der Waals surface area contributed by atoms with Crippen LogP contribution in [0.1, 0.15) is 6.92 Å². The van der Waals surface area contributed by atoms with E-state index in [-0.39, 0.29) is 22.8 Å². The van der Waals surface area contributed by atoms with Gasteiger partial charge in [0.25, 0.3) is 10.0 Å². The molecule has 1 aromatic heterocycles. The largest absolute Gasteiger partial charge is 0.465 e. The van der Waals surface area contributed by atoms with Crippen LogP contribution in [0.25, 0.3) is 10.2 Å². The number of sulfonamides is 1. The fourth-order valence-electron chi connectivity index (χ4n) is 2.37. The third kappa shape index (κ3) is 4.45. The molecule has 0 amide bonds. The second-order valence-electron chi connectivity index (χ2n) is 5.41. The Bertz CT molecular complexity index is 1170. The third-order valence-electron chi connectivity index (χ3n) is 3.55. The van der Waals surface area contributed by atoms with Gasteiger partial charge in [0.2, 0.25) is 4.80 Å². The minimum Gasteiger partial charge on any atom is -0.465 e. The van der Waals surface area contributed by atoms with Crippen molar-refractivity contribution in [2.75, 3.05) is 6.61 Å². The molecule has 0 saturated heterocycles. The average molecular weight is 473 g/mol. The molecular weight excluding hydrogens is 459 g/mol. The maximum absolute atomic E-state index is 13.1. The van der Waals surface area contributed by atoms with Crippen LogP contribution in [0.4, 0.5) is 4.39 Å². The molecule has 0 radical (unpaired) electrons. The summed E-state index contributed by atoms with van der Waals surface area (Å²) in [7, 11) is -4.07. The molecule has 6 nitrogen and oxygen atoms in total. The second-order valence-corrected chi connectivity index (χ2v) is 8.94. The van der Waals surface area contributed by atoms with Crippen molar-refractivity contribution in [3.63, 3.8) is 0 Å². The van der Waals surface area contributed by atoms with E-state index >= 15 is 0 Å². The molecule has 2 aromatic carbocycles. The van der Waals surface area contributed by atoms with Gasteiger partial charge in [-0.25, -0.2) is 4.39 Å². The molecule has 27 heavy (non-hydrogen) atoms. The molecule has 3 rings (SSSR count). The number of fused-ring (bicyclic) bond motifs is 1. The standard InChI is InChI=1S/C17H14BrFN2O4S2/c1-2-25-16(22)10-21-14-8-3-11(18)9-15(14)26-17(21)20-27(23,24)13-6-4-12(19)5-7-13/h3-9H,2,10H2,1H3/b20-17-. The van der Waals surface area contributed by atoms with E-state index in [1.807, 2.05) is 6.07 Å². The predicted octanol–water partition coefficient (Wildman–Crippen LogP) is 3.46. The van der Waals surface area contributed by atoms with Gasteiger partial charge in [0.1, 0.15) is 12.4 Å². The quantitative estimate of drug-likeness (QED) is 0.532. The number of hydrogen-bond acceptors (Lipinski definition) is 5. The molecule has 1 heterocycles. The number of benzene rings is 2. The van der Waals surface area contributed by atoms with Gasteiger partial charge in [-0.05, 0) is 49.4 Å². The number of thiazole rings is 1. The normalized spacial score (nSPS) is 12.5. The minimum absolute atomic E-state index is 0.125. The Morgan fingerprint density at radius 3 is 2.63 bits per heavy atom. The molecule has 0 aliphatic heterocycles. The first-order valence-corrected chi connectivity index (χ1v) is 10.9. The molecule has 3 aromatic rings. The Balaban J connectivity index is 2.18. The van der Waals surface area contributed by atoms with E-state index in [0.717, 1.165) is 44.8 Å². The van der Waals surface area contributed by atoms with Gasteiger partial charge in [0.05, 0.1) is 21.7 Å². The summed E-state index contributed by atoms with van der Waals surface area (Å²) in [4.78, 5) is 12.0. The zero-order chi connectivity index (χ0) is 19.6. The van der Waals surface area contributed by atoms with Crippen LogP contribution in [0.15, 0.2) is 56.2 Å². The van der Waals surface area contributed by atoms with Gasteiger partial charge in [-0.1, -0.05) is 27.3 Å². The van der Waals surface area contributed by atoms with E-state index in [2.05, 4.69) is 20.3 Å². The fourth-order valence-corrected chi connectivity index (χ4v) is 5.15. The number of ether oxygens (including phenoxy) is 1. The lowest BCUT2D eigenvalue weighted by Crippen LogP contribution is -2.23. The Hall–Kier alpha value is -2.04. The van der Waals surface area contributed by atoms with Gasteiger partial charge < -0.3 is 9.30 Å². The van der Waals surface area contributed by atoms with Gasteiger partial charge in [0, 0.05) is 4.47 Å². The van der Waals surface area contributed by atoms with Crippen LogP contribution in [0.3, 0.4) is 0 Å². The van der Waals surface area contributed by atoms with Crippen molar-refractivity contribution in [3.8, 4) is 0 Å². The summed E-state index contributed by atoms with van der Waals surface area (Å²) in [5.74, 6) is -1.04. The van der Waals surface area contributed by atoms with Gasteiger partial charge in [-0.3, -0.25) is 4.79 Å². The monoisotopic (exact) mass is 472 g/mol. The minimum atomic E-state index is -4.07. The van der Waals surface area contributed by atoms with Crippen LogP contribution in [-0.4, -0.2) is 25.6 Å². The molecular formula is C17H14BrFN2O4S2. The SMILES string of the molecule is CCOC(=O)Cn1/c(=N/S(=O)(=O)c2ccc(F)cc2)sc2cc(Br)ccc21. The fraction of sp³-hybridized carbons (Fsp3) is 0.176. The van der Waals surface area contributed by atoms with Crippen molar-refractivity contribution in [2.24, 2.45) is 4.40 Å². The highest BCUT2D eigenvalue weighted by Crippen LogP contribution is 2.23. The Morgan fingerprint density at radius 1 is 1.26 bits per heavy atom. The van der Waals surface area contributed by atoms with Crippen LogP contribution in [-0.2, 0) is 26.1 Å². The lowest BCUT2D eigenvalue weighted by Gasteiger charge is -2.05. The predicted molar refractivity (Wildman–Crippen MR) is 103 cm³/mol. The summed E-state index contributed by atoms with van der Waals surface area (Å²) >= 11 is 4.50. The maximum atomic E-state index is 13.1. The highest BCUT2D eigenvalue weighted by molar-refractivity contribution is 9.10. The first-order valence-electron chi connectivity index (χ1n) is 7.81. The van der Waals surface area contributed by atoms with Gasteiger partial charge in [-0.2, -0.15) is 8.42 Å².